The van der Waals surface area contributed by atoms with Crippen molar-refractivity contribution in [2.75, 3.05) is 4.90 Å². The number of carbonyl (C=O) groups is 2. The Morgan fingerprint density at radius 3 is 2.25 bits per heavy atom. The van der Waals surface area contributed by atoms with Crippen LogP contribution in [0, 0.1) is 23.5 Å². The highest BCUT2D eigenvalue weighted by Crippen LogP contribution is 2.42. The molecule has 3 atom stereocenters. The van der Waals surface area contributed by atoms with Crippen LogP contribution in [0.3, 0.4) is 0 Å². The van der Waals surface area contributed by atoms with Gasteiger partial charge < -0.3 is 10.2 Å². The molecule has 1 aliphatic carbocycles. The van der Waals surface area contributed by atoms with E-state index in [2.05, 4.69) is 10.4 Å². The van der Waals surface area contributed by atoms with E-state index < -0.39 is 18.0 Å². The van der Waals surface area contributed by atoms with Gasteiger partial charge in [-0.1, -0.05) is 19.1 Å². The number of aromatic nitrogens is 2. The van der Waals surface area contributed by atoms with Gasteiger partial charge in [-0.2, -0.15) is 5.10 Å². The Kier molecular flexibility index (Phi) is 5.32. The number of hydrogen-bond donors (Lipinski definition) is 1. The van der Waals surface area contributed by atoms with Gasteiger partial charge in [-0.05, 0) is 73.0 Å². The van der Waals surface area contributed by atoms with Crippen LogP contribution < -0.4 is 10.2 Å². The Morgan fingerprint density at radius 2 is 1.58 bits per heavy atom. The molecule has 6 rings (SSSR count). The van der Waals surface area contributed by atoms with Crippen LogP contribution in [0.1, 0.15) is 31.4 Å². The topological polar surface area (TPSA) is 67.2 Å². The predicted molar refractivity (Wildman–Crippen MR) is 131 cm³/mol. The van der Waals surface area contributed by atoms with E-state index in [9.17, 15) is 18.4 Å². The molecule has 2 fully saturated rings. The molecule has 1 aliphatic heterocycles. The Hall–Kier alpha value is -4.07. The minimum Gasteiger partial charge on any atom is -0.350 e. The largest absolute Gasteiger partial charge is 0.350 e. The molecule has 36 heavy (non-hydrogen) atoms. The van der Waals surface area contributed by atoms with Crippen LogP contribution in [0.15, 0.2) is 72.9 Å². The molecule has 3 unspecified atom stereocenters. The first kappa shape index (κ1) is 22.4. The highest BCUT2D eigenvalue weighted by atomic mass is 19.1. The summed E-state index contributed by atoms with van der Waals surface area (Å²) >= 11 is 0. The molecule has 1 saturated carbocycles. The summed E-state index contributed by atoms with van der Waals surface area (Å²) in [5.74, 6) is -1.30. The van der Waals surface area contributed by atoms with E-state index >= 15 is 0 Å². The number of fused-ring (bicyclic) bond motifs is 1. The second kappa shape index (κ2) is 8.55. The zero-order valence-corrected chi connectivity index (χ0v) is 19.6. The first-order valence-corrected chi connectivity index (χ1v) is 12.0. The second-order valence-electron chi connectivity index (χ2n) is 9.58. The average molecular weight is 487 g/mol. The van der Waals surface area contributed by atoms with Gasteiger partial charge in [-0.25, -0.2) is 13.5 Å². The third-order valence-electron chi connectivity index (χ3n) is 7.15. The van der Waals surface area contributed by atoms with Gasteiger partial charge in [0.25, 0.3) is 0 Å². The number of nitrogens with one attached hydrogen (secondary N) is 1. The third kappa shape index (κ3) is 3.82. The van der Waals surface area contributed by atoms with Crippen LogP contribution in [0.25, 0.3) is 16.6 Å². The fourth-order valence-corrected chi connectivity index (χ4v) is 5.04. The lowest BCUT2D eigenvalue weighted by Gasteiger charge is -2.29. The molecule has 182 valence electrons. The highest BCUT2D eigenvalue weighted by Gasteiger charge is 2.48. The van der Waals surface area contributed by atoms with Crippen molar-refractivity contribution in [3.63, 3.8) is 0 Å². The lowest BCUT2D eigenvalue weighted by Crippen LogP contribution is -2.42. The summed E-state index contributed by atoms with van der Waals surface area (Å²) in [6.45, 7) is 1.82. The molecule has 1 saturated heterocycles. The molecule has 2 heterocycles. The number of nitrogens with zero attached hydrogens (tertiary/aromatic N) is 3. The number of hydrogen-bond acceptors (Lipinski definition) is 3. The molecule has 3 aromatic carbocycles. The van der Waals surface area contributed by atoms with Crippen molar-refractivity contribution in [1.82, 2.24) is 15.1 Å². The molecular formula is C28H24F2N4O2. The minimum absolute atomic E-state index is 0.00358. The Labute approximate surface area is 206 Å². The molecule has 1 aromatic heterocycles. The first-order chi connectivity index (χ1) is 17.4. The average Bonchev–Trinajstić information content (AvgIpc) is 3.61. The molecular weight excluding hydrogens is 462 g/mol. The van der Waals surface area contributed by atoms with Gasteiger partial charge in [0.1, 0.15) is 11.6 Å². The smallest absolute Gasteiger partial charge is 0.232 e. The number of benzene rings is 3. The molecule has 0 bridgehead atoms. The molecule has 8 heteroatoms. The Balaban J connectivity index is 1.41. The molecule has 1 N–H and O–H groups in total. The van der Waals surface area contributed by atoms with E-state index in [4.69, 9.17) is 0 Å². The molecule has 0 radical (unpaired) electrons. The van der Waals surface area contributed by atoms with Gasteiger partial charge in [-0.3, -0.25) is 9.59 Å². The van der Waals surface area contributed by atoms with Crippen molar-refractivity contribution in [3.05, 3.63) is 90.1 Å². The highest BCUT2D eigenvalue weighted by molar-refractivity contribution is 6.01. The summed E-state index contributed by atoms with van der Waals surface area (Å²) in [6.07, 6.45) is 3.42. The summed E-state index contributed by atoms with van der Waals surface area (Å²) in [5, 5.41) is 8.37. The van der Waals surface area contributed by atoms with Gasteiger partial charge >= 0.3 is 0 Å². The number of rotatable bonds is 5. The van der Waals surface area contributed by atoms with E-state index in [0.717, 1.165) is 35.0 Å². The zero-order chi connectivity index (χ0) is 25.0. The number of amides is 2. The van der Waals surface area contributed by atoms with E-state index in [1.54, 1.807) is 40.0 Å². The van der Waals surface area contributed by atoms with Crippen LogP contribution in [-0.4, -0.2) is 27.6 Å². The van der Waals surface area contributed by atoms with E-state index in [-0.39, 0.29) is 29.4 Å². The van der Waals surface area contributed by atoms with Gasteiger partial charge in [-0.15, -0.1) is 0 Å². The van der Waals surface area contributed by atoms with Crippen LogP contribution in [0.5, 0.6) is 0 Å². The van der Waals surface area contributed by atoms with Crippen molar-refractivity contribution in [2.45, 2.75) is 31.8 Å². The second-order valence-corrected chi connectivity index (χ2v) is 9.58. The van der Waals surface area contributed by atoms with E-state index in [1.807, 2.05) is 25.1 Å². The van der Waals surface area contributed by atoms with Crippen molar-refractivity contribution < 1.29 is 18.4 Å². The third-order valence-corrected chi connectivity index (χ3v) is 7.15. The minimum atomic E-state index is -0.486. The summed E-state index contributed by atoms with van der Waals surface area (Å²) in [4.78, 5) is 28.0. The summed E-state index contributed by atoms with van der Waals surface area (Å²) in [5.41, 5.74) is 2.94. The van der Waals surface area contributed by atoms with Gasteiger partial charge in [0, 0.05) is 17.0 Å². The number of carbonyl (C=O) groups excluding carboxylic acids is 2. The number of anilines is 1. The van der Waals surface area contributed by atoms with Crippen molar-refractivity contribution in [2.24, 2.45) is 11.8 Å². The van der Waals surface area contributed by atoms with Crippen LogP contribution in [-0.2, 0) is 9.59 Å². The van der Waals surface area contributed by atoms with Gasteiger partial charge in [0.05, 0.1) is 35.4 Å². The SMILES string of the molecule is CC1C(=O)N(c2ccc3c(cnn3-c3ccc(F)cc3)c2)C(c2ccc(F)cc2)C1NC(=O)C1CC1. The maximum absolute atomic E-state index is 13.7. The van der Waals surface area contributed by atoms with Crippen LogP contribution in [0.2, 0.25) is 0 Å². The monoisotopic (exact) mass is 486 g/mol. The lowest BCUT2D eigenvalue weighted by molar-refractivity contribution is -0.123. The molecule has 4 aromatic rings. The van der Waals surface area contributed by atoms with Crippen LogP contribution in [0.4, 0.5) is 14.5 Å². The molecule has 2 amide bonds. The maximum Gasteiger partial charge on any atom is 0.232 e. The number of halogens is 2. The molecule has 6 nitrogen and oxygen atoms in total. The van der Waals surface area contributed by atoms with Gasteiger partial charge in [0.15, 0.2) is 0 Å². The zero-order valence-electron chi connectivity index (χ0n) is 19.6. The first-order valence-electron chi connectivity index (χ1n) is 12.0. The van der Waals surface area contributed by atoms with Crippen molar-refractivity contribution in [3.8, 4) is 5.69 Å². The lowest BCUT2D eigenvalue weighted by atomic mass is 9.94. The van der Waals surface area contributed by atoms with Gasteiger partial charge in [0.2, 0.25) is 11.8 Å². The van der Waals surface area contributed by atoms with Crippen molar-refractivity contribution in [1.29, 1.82) is 0 Å². The summed E-state index contributed by atoms with van der Waals surface area (Å²) in [6, 6.07) is 16.8. The van der Waals surface area contributed by atoms with Crippen molar-refractivity contribution >= 4 is 28.4 Å². The molecule has 0 spiro atoms. The van der Waals surface area contributed by atoms with E-state index in [0.29, 0.717) is 5.69 Å². The quantitative estimate of drug-likeness (QED) is 0.435. The maximum atomic E-state index is 13.7. The standard InChI is InChI=1S/C28H24F2N4O2/c1-16-25(32-27(35)18-2-3-18)26(17-4-6-20(29)7-5-17)33(28(16)36)23-12-13-24-19(14-23)15-31-34(24)22-10-8-21(30)9-11-22/h4-16,18,25-26H,2-3H2,1H3,(H,32,35). The normalized spacial score (nSPS) is 21.8. The fourth-order valence-electron chi connectivity index (χ4n) is 5.04. The Bertz CT molecular complexity index is 1460. The van der Waals surface area contributed by atoms with E-state index in [1.165, 1.54) is 24.3 Å². The predicted octanol–water partition coefficient (Wildman–Crippen LogP) is 4.92. The fraction of sp³-hybridized carbons (Fsp3) is 0.250. The summed E-state index contributed by atoms with van der Waals surface area (Å²) < 4.78 is 28.8. The molecule has 2 aliphatic rings. The van der Waals surface area contributed by atoms with Crippen LogP contribution >= 0.6 is 0 Å². The summed E-state index contributed by atoms with van der Waals surface area (Å²) in [7, 11) is 0. The Morgan fingerprint density at radius 1 is 0.944 bits per heavy atom.